The van der Waals surface area contributed by atoms with Crippen molar-refractivity contribution in [2.75, 3.05) is 26.7 Å². The molecule has 198 valence electrons. The number of amides is 2. The molecule has 0 bridgehead atoms. The highest BCUT2D eigenvalue weighted by atomic mass is 35.5. The summed E-state index contributed by atoms with van der Waals surface area (Å²) >= 11 is 1.81. The maximum Gasteiger partial charge on any atom is 0.246 e. The van der Waals surface area contributed by atoms with E-state index in [9.17, 15) is 9.59 Å². The summed E-state index contributed by atoms with van der Waals surface area (Å²) in [5, 5.41) is 3.10. The van der Waals surface area contributed by atoms with Crippen molar-refractivity contribution in [1.82, 2.24) is 15.1 Å². The summed E-state index contributed by atoms with van der Waals surface area (Å²) in [5.41, 5.74) is 0.500. The Morgan fingerprint density at radius 3 is 2.42 bits per heavy atom. The molecule has 2 aliphatic heterocycles. The van der Waals surface area contributed by atoms with E-state index in [0.29, 0.717) is 31.7 Å². The van der Waals surface area contributed by atoms with Crippen LogP contribution in [0, 0.1) is 5.92 Å². The number of rotatable bonds is 9. The van der Waals surface area contributed by atoms with E-state index < -0.39 is 5.54 Å². The lowest BCUT2D eigenvalue weighted by atomic mass is 9.80. The van der Waals surface area contributed by atoms with E-state index in [-0.39, 0.29) is 30.3 Å². The second-order valence-corrected chi connectivity index (χ2v) is 11.5. The zero-order valence-corrected chi connectivity index (χ0v) is 23.6. The van der Waals surface area contributed by atoms with Gasteiger partial charge in [-0.3, -0.25) is 14.5 Å². The van der Waals surface area contributed by atoms with Crippen molar-refractivity contribution in [3.05, 3.63) is 41.3 Å². The fourth-order valence-corrected chi connectivity index (χ4v) is 6.37. The average Bonchev–Trinajstić information content (AvgIpc) is 3.32. The van der Waals surface area contributed by atoms with Crippen LogP contribution in [0.25, 0.3) is 10.4 Å². The van der Waals surface area contributed by atoms with Crippen LogP contribution in [0.3, 0.4) is 0 Å². The standard InChI is InChI=1S/C28H39N3O3S.ClH/c1-5-6-15-31-26(32)24(18-20(2)3)29-27(33)28(31)13-16-30(17-14-28)19-23-11-12-25(35-23)21-7-9-22(34-4)10-8-21;/h7-12,20,24H,5-6,13-19H2,1-4H3,(H,29,33);1H. The first kappa shape index (κ1) is 28.5. The van der Waals surface area contributed by atoms with Crippen LogP contribution in [-0.2, 0) is 16.1 Å². The summed E-state index contributed by atoms with van der Waals surface area (Å²) in [7, 11) is 1.68. The van der Waals surface area contributed by atoms with Crippen molar-refractivity contribution < 1.29 is 14.3 Å². The number of carbonyl (C=O) groups excluding carboxylic acids is 2. The Hall–Kier alpha value is -2.09. The number of ether oxygens (including phenoxy) is 1. The zero-order chi connectivity index (χ0) is 25.0. The molecule has 1 aromatic carbocycles. The number of piperazine rings is 1. The highest BCUT2D eigenvalue weighted by molar-refractivity contribution is 7.15. The molecule has 4 rings (SSSR count). The lowest BCUT2D eigenvalue weighted by Crippen LogP contribution is -2.73. The molecule has 2 aliphatic rings. The Morgan fingerprint density at radius 2 is 1.81 bits per heavy atom. The molecule has 0 aliphatic carbocycles. The van der Waals surface area contributed by atoms with E-state index >= 15 is 0 Å². The van der Waals surface area contributed by atoms with Gasteiger partial charge in [0.1, 0.15) is 17.3 Å². The van der Waals surface area contributed by atoms with E-state index in [1.165, 1.54) is 15.3 Å². The predicted octanol–water partition coefficient (Wildman–Crippen LogP) is 5.35. The molecule has 1 spiro atoms. The molecule has 8 heteroatoms. The monoisotopic (exact) mass is 533 g/mol. The topological polar surface area (TPSA) is 61.9 Å². The third-order valence-electron chi connectivity index (χ3n) is 7.35. The minimum Gasteiger partial charge on any atom is -0.497 e. The number of methoxy groups -OCH3 is 1. The smallest absolute Gasteiger partial charge is 0.246 e. The number of nitrogens with one attached hydrogen (secondary N) is 1. The molecular weight excluding hydrogens is 494 g/mol. The van der Waals surface area contributed by atoms with Gasteiger partial charge in [-0.25, -0.2) is 0 Å². The minimum atomic E-state index is -0.695. The van der Waals surface area contributed by atoms with Gasteiger partial charge in [0.2, 0.25) is 11.8 Å². The van der Waals surface area contributed by atoms with E-state index in [0.717, 1.165) is 38.2 Å². The number of hydrogen-bond acceptors (Lipinski definition) is 5. The molecule has 0 saturated carbocycles. The Kier molecular flexibility index (Phi) is 9.84. The third kappa shape index (κ3) is 6.06. The molecule has 6 nitrogen and oxygen atoms in total. The number of piperidine rings is 1. The SMILES string of the molecule is CCCCN1C(=O)C(CC(C)C)NC(=O)C12CCN(Cc1ccc(-c3ccc(OC)cc3)s1)CC2.Cl. The van der Waals surface area contributed by atoms with E-state index in [2.05, 4.69) is 55.3 Å². The van der Waals surface area contributed by atoms with Crippen LogP contribution < -0.4 is 10.1 Å². The molecule has 2 fully saturated rings. The molecule has 1 N–H and O–H groups in total. The van der Waals surface area contributed by atoms with Crippen LogP contribution in [0.5, 0.6) is 5.75 Å². The Balaban J connectivity index is 0.00000361. The van der Waals surface area contributed by atoms with Gasteiger partial charge < -0.3 is 15.0 Å². The van der Waals surface area contributed by atoms with Crippen molar-refractivity contribution in [3.63, 3.8) is 0 Å². The maximum absolute atomic E-state index is 13.4. The first-order valence-corrected chi connectivity index (χ1v) is 13.8. The van der Waals surface area contributed by atoms with Gasteiger partial charge in [-0.1, -0.05) is 27.2 Å². The van der Waals surface area contributed by atoms with Crippen molar-refractivity contribution in [1.29, 1.82) is 0 Å². The number of benzene rings is 1. The van der Waals surface area contributed by atoms with Gasteiger partial charge in [-0.05, 0) is 73.6 Å². The van der Waals surface area contributed by atoms with Crippen LogP contribution >= 0.6 is 23.7 Å². The van der Waals surface area contributed by atoms with Crippen molar-refractivity contribution in [3.8, 4) is 16.2 Å². The van der Waals surface area contributed by atoms with Gasteiger partial charge in [0, 0.05) is 35.9 Å². The molecule has 36 heavy (non-hydrogen) atoms. The predicted molar refractivity (Wildman–Crippen MR) is 149 cm³/mol. The summed E-state index contributed by atoms with van der Waals surface area (Å²) in [4.78, 5) is 33.8. The van der Waals surface area contributed by atoms with Gasteiger partial charge in [0.25, 0.3) is 0 Å². The van der Waals surface area contributed by atoms with Crippen molar-refractivity contribution in [2.45, 2.75) is 71.0 Å². The number of halogens is 1. The lowest BCUT2D eigenvalue weighted by Gasteiger charge is -2.52. The van der Waals surface area contributed by atoms with Crippen LogP contribution in [0.1, 0.15) is 57.8 Å². The Labute approximate surface area is 225 Å². The van der Waals surface area contributed by atoms with Gasteiger partial charge in [0.05, 0.1) is 7.11 Å². The number of unbranched alkanes of at least 4 members (excludes halogenated alkanes) is 1. The summed E-state index contributed by atoms with van der Waals surface area (Å²) in [6.07, 6.45) is 4.03. The fraction of sp³-hybridized carbons (Fsp3) is 0.571. The molecule has 1 aromatic heterocycles. The molecule has 0 radical (unpaired) electrons. The molecule has 2 amide bonds. The number of thiophene rings is 1. The maximum atomic E-state index is 13.4. The molecular formula is C28H40ClN3O3S. The van der Waals surface area contributed by atoms with Gasteiger partial charge >= 0.3 is 0 Å². The third-order valence-corrected chi connectivity index (χ3v) is 8.47. The van der Waals surface area contributed by atoms with Crippen LogP contribution in [0.4, 0.5) is 0 Å². The molecule has 2 saturated heterocycles. The fourth-order valence-electron chi connectivity index (χ4n) is 5.32. The Bertz CT molecular complexity index is 1020. The normalized spacial score (nSPS) is 19.9. The molecule has 2 aromatic rings. The summed E-state index contributed by atoms with van der Waals surface area (Å²) in [5.74, 6) is 1.39. The van der Waals surface area contributed by atoms with E-state index in [1.54, 1.807) is 7.11 Å². The van der Waals surface area contributed by atoms with Crippen molar-refractivity contribution in [2.24, 2.45) is 5.92 Å². The highest BCUT2D eigenvalue weighted by Crippen LogP contribution is 2.36. The van der Waals surface area contributed by atoms with Crippen molar-refractivity contribution >= 4 is 35.6 Å². The zero-order valence-electron chi connectivity index (χ0n) is 21.9. The molecule has 1 unspecified atom stereocenters. The number of hydrogen-bond donors (Lipinski definition) is 1. The van der Waals surface area contributed by atoms with E-state index in [4.69, 9.17) is 4.74 Å². The number of nitrogens with zero attached hydrogens (tertiary/aromatic N) is 2. The van der Waals surface area contributed by atoms with Gasteiger partial charge in [-0.2, -0.15) is 0 Å². The average molecular weight is 534 g/mol. The summed E-state index contributed by atoms with van der Waals surface area (Å²) in [6.45, 7) is 9.51. The van der Waals surface area contributed by atoms with Crippen LogP contribution in [0.15, 0.2) is 36.4 Å². The Morgan fingerprint density at radius 1 is 1.11 bits per heavy atom. The second kappa shape index (κ2) is 12.4. The van der Waals surface area contributed by atoms with Gasteiger partial charge in [-0.15, -0.1) is 23.7 Å². The second-order valence-electron chi connectivity index (χ2n) is 10.3. The van der Waals surface area contributed by atoms with E-state index in [1.807, 2.05) is 28.4 Å². The number of likely N-dealkylation sites (tertiary alicyclic amines) is 1. The van der Waals surface area contributed by atoms with Gasteiger partial charge in [0.15, 0.2) is 0 Å². The molecule has 3 heterocycles. The number of carbonyl (C=O) groups is 2. The largest absolute Gasteiger partial charge is 0.497 e. The first-order chi connectivity index (χ1) is 16.9. The lowest BCUT2D eigenvalue weighted by molar-refractivity contribution is -0.161. The summed E-state index contributed by atoms with van der Waals surface area (Å²) in [6, 6.07) is 12.2. The summed E-state index contributed by atoms with van der Waals surface area (Å²) < 4.78 is 5.27. The minimum absolute atomic E-state index is 0. The van der Waals surface area contributed by atoms with Crippen LogP contribution in [0.2, 0.25) is 0 Å². The first-order valence-electron chi connectivity index (χ1n) is 12.9. The van der Waals surface area contributed by atoms with Crippen LogP contribution in [-0.4, -0.2) is 59.9 Å². The highest BCUT2D eigenvalue weighted by Gasteiger charge is 2.53. The molecule has 1 atom stereocenters. The quantitative estimate of drug-likeness (QED) is 0.472.